The first kappa shape index (κ1) is 12.2. The Morgan fingerprint density at radius 2 is 2.24 bits per heavy atom. The Morgan fingerprint density at radius 1 is 1.35 bits per heavy atom. The van der Waals surface area contributed by atoms with Crippen molar-refractivity contribution in [2.45, 2.75) is 6.42 Å². The van der Waals surface area contributed by atoms with Crippen molar-refractivity contribution >= 4 is 6.21 Å². The lowest BCUT2D eigenvalue weighted by molar-refractivity contribution is 0.0377. The molecule has 0 saturated carbocycles. The quantitative estimate of drug-likeness (QED) is 0.567. The lowest BCUT2D eigenvalue weighted by Gasteiger charge is -2.26. The van der Waals surface area contributed by atoms with Gasteiger partial charge in [0.15, 0.2) is 0 Å². The van der Waals surface area contributed by atoms with Crippen LogP contribution < -0.4 is 0 Å². The van der Waals surface area contributed by atoms with Gasteiger partial charge in [0.25, 0.3) is 0 Å². The van der Waals surface area contributed by atoms with E-state index in [4.69, 9.17) is 4.74 Å². The summed E-state index contributed by atoms with van der Waals surface area (Å²) in [5, 5.41) is 0. The summed E-state index contributed by atoms with van der Waals surface area (Å²) in [5.41, 5.74) is 0.930. The van der Waals surface area contributed by atoms with Gasteiger partial charge in [-0.1, -0.05) is 6.07 Å². The largest absolute Gasteiger partial charge is 0.379 e. The van der Waals surface area contributed by atoms with Crippen LogP contribution in [0.25, 0.3) is 0 Å². The van der Waals surface area contributed by atoms with E-state index in [1.165, 1.54) is 0 Å². The molecule has 0 unspecified atom stereocenters. The van der Waals surface area contributed by atoms with E-state index in [1.54, 1.807) is 6.20 Å². The van der Waals surface area contributed by atoms with Gasteiger partial charge in [0, 0.05) is 38.6 Å². The summed E-state index contributed by atoms with van der Waals surface area (Å²) in [5.74, 6) is 0. The highest BCUT2D eigenvalue weighted by Crippen LogP contribution is 1.98. The monoisotopic (exact) mass is 233 g/mol. The molecule has 0 N–H and O–H groups in total. The number of morpholine rings is 1. The summed E-state index contributed by atoms with van der Waals surface area (Å²) in [6, 6.07) is 5.85. The highest BCUT2D eigenvalue weighted by molar-refractivity contribution is 5.76. The Bertz CT molecular complexity index is 334. The number of rotatable bonds is 5. The summed E-state index contributed by atoms with van der Waals surface area (Å²) < 4.78 is 5.31. The zero-order valence-electron chi connectivity index (χ0n) is 10.1. The molecule has 2 rings (SSSR count). The zero-order valence-corrected chi connectivity index (χ0v) is 10.1. The molecule has 0 bridgehead atoms. The summed E-state index contributed by atoms with van der Waals surface area (Å²) in [6.07, 6.45) is 4.73. The molecule has 4 heteroatoms. The Hall–Kier alpha value is -1.26. The third-order valence-corrected chi connectivity index (χ3v) is 2.78. The Kier molecular flexibility index (Phi) is 5.13. The molecule has 0 spiro atoms. The van der Waals surface area contributed by atoms with Gasteiger partial charge in [-0.05, 0) is 18.6 Å². The first-order valence-electron chi connectivity index (χ1n) is 6.16. The van der Waals surface area contributed by atoms with Gasteiger partial charge in [-0.3, -0.25) is 14.9 Å². The van der Waals surface area contributed by atoms with E-state index < -0.39 is 0 Å². The number of hydrogen-bond donors (Lipinski definition) is 0. The lowest BCUT2D eigenvalue weighted by Crippen LogP contribution is -2.37. The minimum atomic E-state index is 0.869. The molecule has 0 radical (unpaired) electrons. The fraction of sp³-hybridized carbons (Fsp3) is 0.538. The van der Waals surface area contributed by atoms with Crippen molar-refractivity contribution in [2.24, 2.45) is 4.99 Å². The molecule has 1 aliphatic rings. The Balaban J connectivity index is 1.61. The van der Waals surface area contributed by atoms with E-state index in [-0.39, 0.29) is 0 Å². The van der Waals surface area contributed by atoms with Crippen molar-refractivity contribution in [1.29, 1.82) is 0 Å². The van der Waals surface area contributed by atoms with Crippen LogP contribution in [0.3, 0.4) is 0 Å². The van der Waals surface area contributed by atoms with Gasteiger partial charge in [-0.2, -0.15) is 0 Å². The van der Waals surface area contributed by atoms with Crippen molar-refractivity contribution in [2.75, 3.05) is 39.4 Å². The third-order valence-electron chi connectivity index (χ3n) is 2.78. The molecule has 0 amide bonds. The maximum Gasteiger partial charge on any atom is 0.0807 e. The molecule has 1 aromatic heterocycles. The molecule has 1 fully saturated rings. The Labute approximate surface area is 102 Å². The predicted molar refractivity (Wildman–Crippen MR) is 68.6 cm³/mol. The highest BCUT2D eigenvalue weighted by Gasteiger charge is 2.08. The van der Waals surface area contributed by atoms with Crippen molar-refractivity contribution < 1.29 is 4.74 Å². The lowest BCUT2D eigenvalue weighted by atomic mass is 10.3. The van der Waals surface area contributed by atoms with E-state index >= 15 is 0 Å². The molecule has 0 aliphatic carbocycles. The number of ether oxygens (including phenoxy) is 1. The maximum atomic E-state index is 5.31. The number of aliphatic imine (C=N–C) groups is 1. The molecule has 0 aromatic carbocycles. The topological polar surface area (TPSA) is 37.7 Å². The van der Waals surface area contributed by atoms with Gasteiger partial charge < -0.3 is 4.74 Å². The molecular weight excluding hydrogens is 214 g/mol. The maximum absolute atomic E-state index is 5.31. The second-order valence-corrected chi connectivity index (χ2v) is 4.10. The van der Waals surface area contributed by atoms with E-state index in [9.17, 15) is 0 Å². The molecule has 1 saturated heterocycles. The molecule has 1 aromatic rings. The second kappa shape index (κ2) is 7.14. The number of pyridine rings is 1. The zero-order chi connectivity index (χ0) is 11.8. The van der Waals surface area contributed by atoms with Crippen LogP contribution in [0.15, 0.2) is 29.4 Å². The van der Waals surface area contributed by atoms with Crippen LogP contribution in [0.1, 0.15) is 12.1 Å². The van der Waals surface area contributed by atoms with Crippen LogP contribution in [0.2, 0.25) is 0 Å². The van der Waals surface area contributed by atoms with Crippen LogP contribution in [-0.2, 0) is 4.74 Å². The minimum absolute atomic E-state index is 0.869. The van der Waals surface area contributed by atoms with Crippen LogP contribution in [0, 0.1) is 0 Å². The molecule has 0 atom stereocenters. The summed E-state index contributed by atoms with van der Waals surface area (Å²) in [6.45, 7) is 5.85. The van der Waals surface area contributed by atoms with Crippen LogP contribution in [0.5, 0.6) is 0 Å². The van der Waals surface area contributed by atoms with Crippen molar-refractivity contribution in [1.82, 2.24) is 9.88 Å². The molecular formula is C13H19N3O. The number of hydrogen-bond acceptors (Lipinski definition) is 4. The smallest absolute Gasteiger partial charge is 0.0807 e. The summed E-state index contributed by atoms with van der Waals surface area (Å²) >= 11 is 0. The standard InChI is InChI=1S/C13H19N3O/c1-2-6-15-13(4-1)12-14-5-3-7-16-8-10-17-11-9-16/h1-2,4,6,12H,3,5,7-11H2. The highest BCUT2D eigenvalue weighted by atomic mass is 16.5. The van der Waals surface area contributed by atoms with Gasteiger partial charge in [0.2, 0.25) is 0 Å². The van der Waals surface area contributed by atoms with Gasteiger partial charge in [0.1, 0.15) is 0 Å². The van der Waals surface area contributed by atoms with Crippen molar-refractivity contribution in [3.8, 4) is 0 Å². The van der Waals surface area contributed by atoms with E-state index in [0.717, 1.165) is 51.5 Å². The molecule has 1 aliphatic heterocycles. The number of aromatic nitrogens is 1. The molecule has 17 heavy (non-hydrogen) atoms. The van der Waals surface area contributed by atoms with Gasteiger partial charge in [0.05, 0.1) is 18.9 Å². The van der Waals surface area contributed by atoms with E-state index in [1.807, 2.05) is 24.4 Å². The SMILES string of the molecule is C(=NCCCN1CCOCC1)c1ccccn1. The van der Waals surface area contributed by atoms with Crippen molar-refractivity contribution in [3.63, 3.8) is 0 Å². The van der Waals surface area contributed by atoms with Gasteiger partial charge in [-0.25, -0.2) is 0 Å². The van der Waals surface area contributed by atoms with Gasteiger partial charge >= 0.3 is 0 Å². The van der Waals surface area contributed by atoms with Crippen molar-refractivity contribution in [3.05, 3.63) is 30.1 Å². The minimum Gasteiger partial charge on any atom is -0.379 e. The average Bonchev–Trinajstić information content (AvgIpc) is 2.41. The van der Waals surface area contributed by atoms with E-state index in [2.05, 4.69) is 14.9 Å². The fourth-order valence-electron chi connectivity index (χ4n) is 1.82. The Morgan fingerprint density at radius 3 is 3.00 bits per heavy atom. The summed E-state index contributed by atoms with van der Waals surface area (Å²) in [7, 11) is 0. The van der Waals surface area contributed by atoms with Crippen LogP contribution >= 0.6 is 0 Å². The van der Waals surface area contributed by atoms with Gasteiger partial charge in [-0.15, -0.1) is 0 Å². The second-order valence-electron chi connectivity index (χ2n) is 4.10. The fourth-order valence-corrected chi connectivity index (χ4v) is 1.82. The van der Waals surface area contributed by atoms with Crippen LogP contribution in [0.4, 0.5) is 0 Å². The van der Waals surface area contributed by atoms with E-state index in [0.29, 0.717) is 0 Å². The molecule has 2 heterocycles. The molecule has 92 valence electrons. The average molecular weight is 233 g/mol. The molecule has 4 nitrogen and oxygen atoms in total. The third kappa shape index (κ3) is 4.63. The summed E-state index contributed by atoms with van der Waals surface area (Å²) in [4.78, 5) is 11.0. The first-order valence-corrected chi connectivity index (χ1v) is 6.16. The van der Waals surface area contributed by atoms with Crippen LogP contribution in [-0.4, -0.2) is 55.5 Å². The number of nitrogens with zero attached hydrogens (tertiary/aromatic N) is 3. The normalized spacial score (nSPS) is 17.6. The first-order chi connectivity index (χ1) is 8.45. The predicted octanol–water partition coefficient (Wildman–Crippen LogP) is 1.22.